The molecule has 2 rings (SSSR count). The Morgan fingerprint density at radius 2 is 1.83 bits per heavy atom. The molecule has 3 nitrogen and oxygen atoms in total. The molecule has 1 aromatic carbocycles. The van der Waals surface area contributed by atoms with E-state index in [1.54, 1.807) is 12.1 Å². The average molecular weight is 248 g/mol. The number of hydrogen-bond donors (Lipinski definition) is 1. The maximum atomic E-state index is 10.8. The highest BCUT2D eigenvalue weighted by Crippen LogP contribution is 2.34. The maximum absolute atomic E-state index is 10.8. The van der Waals surface area contributed by atoms with Gasteiger partial charge in [0.2, 0.25) is 0 Å². The Balaban J connectivity index is 1.95. The highest BCUT2D eigenvalue weighted by molar-refractivity contribution is 5.87. The molecule has 1 aromatic rings. The summed E-state index contributed by atoms with van der Waals surface area (Å²) < 4.78 is 5.64. The van der Waals surface area contributed by atoms with E-state index >= 15 is 0 Å². The van der Waals surface area contributed by atoms with Crippen LogP contribution in [-0.2, 0) is 4.74 Å². The molecule has 0 heterocycles. The third-order valence-corrected chi connectivity index (χ3v) is 3.71. The molecule has 0 aliphatic heterocycles. The topological polar surface area (TPSA) is 46.5 Å². The molecule has 0 unspecified atom stereocenters. The van der Waals surface area contributed by atoms with Crippen molar-refractivity contribution in [3.05, 3.63) is 35.4 Å². The molecule has 1 aliphatic rings. The minimum absolute atomic E-state index is 0.363. The van der Waals surface area contributed by atoms with Gasteiger partial charge in [-0.1, -0.05) is 12.1 Å². The van der Waals surface area contributed by atoms with Gasteiger partial charge in [0.1, 0.15) is 0 Å². The van der Waals surface area contributed by atoms with Gasteiger partial charge >= 0.3 is 5.97 Å². The molecular weight excluding hydrogens is 228 g/mol. The standard InChI is InChI=1S/C15H20O3/c1-2-18-14-9-7-12(8-10-14)11-3-5-13(6-4-11)15(16)17/h3-6,12,14H,2,7-10H2,1H3,(H,16,17). The number of benzene rings is 1. The summed E-state index contributed by atoms with van der Waals surface area (Å²) in [6, 6.07) is 7.31. The van der Waals surface area contributed by atoms with Crippen molar-refractivity contribution >= 4 is 5.97 Å². The van der Waals surface area contributed by atoms with Crippen molar-refractivity contribution in [2.75, 3.05) is 6.61 Å². The van der Waals surface area contributed by atoms with Gasteiger partial charge in [0, 0.05) is 6.61 Å². The monoisotopic (exact) mass is 248 g/mol. The number of aromatic carboxylic acids is 1. The Kier molecular flexibility index (Phi) is 4.37. The second-order valence-electron chi connectivity index (χ2n) is 4.86. The fourth-order valence-corrected chi connectivity index (χ4v) is 2.70. The molecule has 3 heteroatoms. The first kappa shape index (κ1) is 13.1. The van der Waals surface area contributed by atoms with Crippen LogP contribution in [0.15, 0.2) is 24.3 Å². The van der Waals surface area contributed by atoms with Crippen molar-refractivity contribution < 1.29 is 14.6 Å². The predicted octanol–water partition coefficient (Wildman–Crippen LogP) is 3.45. The van der Waals surface area contributed by atoms with Crippen LogP contribution in [0.5, 0.6) is 0 Å². The molecule has 0 radical (unpaired) electrons. The molecule has 1 aliphatic carbocycles. The van der Waals surface area contributed by atoms with E-state index in [0.29, 0.717) is 17.6 Å². The molecule has 98 valence electrons. The zero-order chi connectivity index (χ0) is 13.0. The summed E-state index contributed by atoms with van der Waals surface area (Å²) in [4.78, 5) is 10.8. The molecule has 0 saturated heterocycles. The highest BCUT2D eigenvalue weighted by Gasteiger charge is 2.22. The van der Waals surface area contributed by atoms with Gasteiger partial charge in [0.25, 0.3) is 0 Å². The van der Waals surface area contributed by atoms with Crippen molar-refractivity contribution in [2.24, 2.45) is 0 Å². The largest absolute Gasteiger partial charge is 0.478 e. The molecule has 0 amide bonds. The Morgan fingerprint density at radius 3 is 2.33 bits per heavy atom. The van der Waals surface area contributed by atoms with E-state index in [1.165, 1.54) is 5.56 Å². The second-order valence-corrected chi connectivity index (χ2v) is 4.86. The van der Waals surface area contributed by atoms with Gasteiger partial charge in [-0.15, -0.1) is 0 Å². The van der Waals surface area contributed by atoms with Crippen molar-refractivity contribution in [3.8, 4) is 0 Å². The van der Waals surface area contributed by atoms with Gasteiger partial charge in [-0.25, -0.2) is 4.79 Å². The van der Waals surface area contributed by atoms with E-state index in [9.17, 15) is 4.79 Å². The zero-order valence-electron chi connectivity index (χ0n) is 10.8. The van der Waals surface area contributed by atoms with E-state index in [1.807, 2.05) is 19.1 Å². The zero-order valence-corrected chi connectivity index (χ0v) is 10.8. The summed E-state index contributed by atoms with van der Waals surface area (Å²) in [5.74, 6) is -0.300. The van der Waals surface area contributed by atoms with Crippen molar-refractivity contribution in [1.29, 1.82) is 0 Å². The number of carboxylic acid groups (broad SMARTS) is 1. The first-order valence-electron chi connectivity index (χ1n) is 6.65. The number of carboxylic acids is 1. The van der Waals surface area contributed by atoms with E-state index in [2.05, 4.69) is 0 Å². The summed E-state index contributed by atoms with van der Waals surface area (Å²) >= 11 is 0. The van der Waals surface area contributed by atoms with Crippen LogP contribution in [0.25, 0.3) is 0 Å². The highest BCUT2D eigenvalue weighted by atomic mass is 16.5. The normalized spacial score (nSPS) is 23.8. The minimum Gasteiger partial charge on any atom is -0.478 e. The Hall–Kier alpha value is -1.35. The first-order valence-corrected chi connectivity index (χ1v) is 6.65. The van der Waals surface area contributed by atoms with Gasteiger partial charge < -0.3 is 9.84 Å². The summed E-state index contributed by atoms with van der Waals surface area (Å²) in [6.07, 6.45) is 4.91. The van der Waals surface area contributed by atoms with Crippen LogP contribution in [0.3, 0.4) is 0 Å². The van der Waals surface area contributed by atoms with E-state index in [0.717, 1.165) is 32.3 Å². The lowest BCUT2D eigenvalue weighted by Gasteiger charge is -2.28. The quantitative estimate of drug-likeness (QED) is 0.887. The van der Waals surface area contributed by atoms with E-state index in [4.69, 9.17) is 9.84 Å². The molecule has 1 saturated carbocycles. The molecule has 18 heavy (non-hydrogen) atoms. The van der Waals surface area contributed by atoms with Gasteiger partial charge in [0.05, 0.1) is 11.7 Å². The second kappa shape index (κ2) is 6.01. The lowest BCUT2D eigenvalue weighted by molar-refractivity contribution is 0.0328. The van der Waals surface area contributed by atoms with Crippen LogP contribution in [0.4, 0.5) is 0 Å². The summed E-state index contributed by atoms with van der Waals surface area (Å²) in [5, 5.41) is 8.86. The molecular formula is C15H20O3. The van der Waals surface area contributed by atoms with Crippen LogP contribution in [0, 0.1) is 0 Å². The third-order valence-electron chi connectivity index (χ3n) is 3.71. The summed E-state index contributed by atoms with van der Waals surface area (Å²) in [6.45, 7) is 2.83. The minimum atomic E-state index is -0.860. The molecule has 0 bridgehead atoms. The lowest BCUT2D eigenvalue weighted by Crippen LogP contribution is -2.20. The van der Waals surface area contributed by atoms with Gasteiger partial charge in [-0.2, -0.15) is 0 Å². The Labute approximate surface area is 108 Å². The third kappa shape index (κ3) is 3.10. The molecule has 1 fully saturated rings. The fourth-order valence-electron chi connectivity index (χ4n) is 2.70. The SMILES string of the molecule is CCOC1CCC(c2ccc(C(=O)O)cc2)CC1. The number of ether oxygens (including phenoxy) is 1. The average Bonchev–Trinajstić information content (AvgIpc) is 2.40. The summed E-state index contributed by atoms with van der Waals surface area (Å²) in [7, 11) is 0. The maximum Gasteiger partial charge on any atom is 0.335 e. The van der Waals surface area contributed by atoms with Crippen molar-refractivity contribution in [2.45, 2.75) is 44.6 Å². The summed E-state index contributed by atoms with van der Waals surface area (Å²) in [5.41, 5.74) is 1.62. The number of carbonyl (C=O) groups is 1. The Morgan fingerprint density at radius 1 is 1.22 bits per heavy atom. The van der Waals surface area contributed by atoms with Crippen LogP contribution < -0.4 is 0 Å². The molecule has 0 aromatic heterocycles. The Bertz CT molecular complexity index is 389. The van der Waals surface area contributed by atoms with Crippen LogP contribution >= 0.6 is 0 Å². The molecule has 0 spiro atoms. The number of rotatable bonds is 4. The fraction of sp³-hybridized carbons (Fsp3) is 0.533. The lowest BCUT2D eigenvalue weighted by atomic mass is 9.82. The van der Waals surface area contributed by atoms with Gasteiger partial charge in [-0.3, -0.25) is 0 Å². The smallest absolute Gasteiger partial charge is 0.335 e. The van der Waals surface area contributed by atoms with Gasteiger partial charge in [-0.05, 0) is 56.2 Å². The van der Waals surface area contributed by atoms with Crippen LogP contribution in [0.1, 0.15) is 54.4 Å². The molecule has 0 atom stereocenters. The first-order chi connectivity index (χ1) is 8.70. The van der Waals surface area contributed by atoms with Crippen LogP contribution in [0.2, 0.25) is 0 Å². The molecule has 1 N–H and O–H groups in total. The van der Waals surface area contributed by atoms with Crippen molar-refractivity contribution in [3.63, 3.8) is 0 Å². The number of hydrogen-bond acceptors (Lipinski definition) is 2. The van der Waals surface area contributed by atoms with Crippen molar-refractivity contribution in [1.82, 2.24) is 0 Å². The van der Waals surface area contributed by atoms with E-state index in [-0.39, 0.29) is 0 Å². The van der Waals surface area contributed by atoms with E-state index < -0.39 is 5.97 Å². The van der Waals surface area contributed by atoms with Gasteiger partial charge in [0.15, 0.2) is 0 Å². The predicted molar refractivity (Wildman–Crippen MR) is 70.0 cm³/mol. The van der Waals surface area contributed by atoms with Crippen LogP contribution in [-0.4, -0.2) is 23.8 Å².